The molecule has 0 bridgehead atoms. The molecule has 6 nitrogen and oxygen atoms in total. The van der Waals surface area contributed by atoms with Crippen molar-refractivity contribution in [1.29, 1.82) is 0 Å². The van der Waals surface area contributed by atoms with E-state index in [1.54, 1.807) is 12.1 Å². The summed E-state index contributed by atoms with van der Waals surface area (Å²) in [5, 5.41) is 7.26. The molecular formula is C22H29FN4O2. The van der Waals surface area contributed by atoms with Gasteiger partial charge in [0.2, 0.25) is 17.6 Å². The van der Waals surface area contributed by atoms with E-state index in [1.165, 1.54) is 31.4 Å². The summed E-state index contributed by atoms with van der Waals surface area (Å²) in [5.41, 5.74) is 0.605. The molecule has 4 rings (SSSR count). The van der Waals surface area contributed by atoms with Crippen molar-refractivity contribution in [1.82, 2.24) is 20.4 Å². The summed E-state index contributed by atoms with van der Waals surface area (Å²) in [5.74, 6) is 1.41. The number of rotatable bonds is 5. The van der Waals surface area contributed by atoms with Crippen LogP contribution in [-0.2, 0) is 4.79 Å². The van der Waals surface area contributed by atoms with E-state index in [-0.39, 0.29) is 17.6 Å². The van der Waals surface area contributed by atoms with E-state index in [1.807, 2.05) is 0 Å². The first-order valence-corrected chi connectivity index (χ1v) is 10.7. The molecule has 0 spiro atoms. The summed E-state index contributed by atoms with van der Waals surface area (Å²) >= 11 is 0. The van der Waals surface area contributed by atoms with Crippen LogP contribution in [0.25, 0.3) is 11.4 Å². The van der Waals surface area contributed by atoms with Crippen molar-refractivity contribution in [2.45, 2.75) is 57.4 Å². The lowest BCUT2D eigenvalue weighted by molar-refractivity contribution is -0.123. The Morgan fingerprint density at radius 2 is 2.14 bits per heavy atom. The van der Waals surface area contributed by atoms with Crippen molar-refractivity contribution < 1.29 is 13.7 Å². The third-order valence-electron chi connectivity index (χ3n) is 6.20. The van der Waals surface area contributed by atoms with Crippen molar-refractivity contribution >= 4 is 5.91 Å². The number of piperidine rings is 1. The summed E-state index contributed by atoms with van der Waals surface area (Å²) in [6, 6.07) is 6.50. The number of nitrogens with one attached hydrogen (secondary N) is 1. The molecular weight excluding hydrogens is 371 g/mol. The molecule has 3 atom stereocenters. The molecule has 2 heterocycles. The molecule has 2 aliphatic rings. The molecule has 29 heavy (non-hydrogen) atoms. The molecule has 1 saturated heterocycles. The highest BCUT2D eigenvalue weighted by atomic mass is 19.1. The number of benzene rings is 1. The lowest BCUT2D eigenvalue weighted by Gasteiger charge is -2.33. The Balaban J connectivity index is 1.34. The summed E-state index contributed by atoms with van der Waals surface area (Å²) in [4.78, 5) is 19.2. The van der Waals surface area contributed by atoms with Gasteiger partial charge in [-0.05, 0) is 50.3 Å². The number of amides is 1. The highest BCUT2D eigenvalue weighted by molar-refractivity contribution is 5.78. The predicted octanol–water partition coefficient (Wildman–Crippen LogP) is 3.75. The van der Waals surface area contributed by atoms with E-state index in [0.29, 0.717) is 35.8 Å². The topological polar surface area (TPSA) is 71.3 Å². The van der Waals surface area contributed by atoms with Crippen molar-refractivity contribution in [3.63, 3.8) is 0 Å². The molecule has 1 aromatic heterocycles. The van der Waals surface area contributed by atoms with Gasteiger partial charge in [0.15, 0.2) is 0 Å². The lowest BCUT2D eigenvalue weighted by Crippen LogP contribution is -2.47. The van der Waals surface area contributed by atoms with Gasteiger partial charge in [-0.15, -0.1) is 0 Å². The summed E-state index contributed by atoms with van der Waals surface area (Å²) in [6.07, 6.45) is 6.68. The second-order valence-corrected chi connectivity index (χ2v) is 8.48. The van der Waals surface area contributed by atoms with Gasteiger partial charge < -0.3 is 9.84 Å². The maximum absolute atomic E-state index is 13.4. The second-order valence-electron chi connectivity index (χ2n) is 8.48. The van der Waals surface area contributed by atoms with Crippen LogP contribution in [0.1, 0.15) is 57.3 Å². The molecule has 1 N–H and O–H groups in total. The minimum absolute atomic E-state index is 0.0972. The maximum atomic E-state index is 13.4. The van der Waals surface area contributed by atoms with Crippen LogP contribution >= 0.6 is 0 Å². The van der Waals surface area contributed by atoms with Crippen LogP contribution in [-0.4, -0.2) is 46.6 Å². The highest BCUT2D eigenvalue weighted by Gasteiger charge is 2.28. The average molecular weight is 400 g/mol. The molecule has 0 radical (unpaired) electrons. The van der Waals surface area contributed by atoms with E-state index in [9.17, 15) is 9.18 Å². The van der Waals surface area contributed by atoms with E-state index in [4.69, 9.17) is 4.52 Å². The third-order valence-corrected chi connectivity index (χ3v) is 6.20. The van der Waals surface area contributed by atoms with Crippen LogP contribution < -0.4 is 5.32 Å². The van der Waals surface area contributed by atoms with Gasteiger partial charge in [0.25, 0.3) is 0 Å². The first-order valence-electron chi connectivity index (χ1n) is 10.7. The zero-order valence-corrected chi connectivity index (χ0v) is 16.9. The molecule has 1 saturated carbocycles. The molecule has 3 unspecified atom stereocenters. The fourth-order valence-electron chi connectivity index (χ4n) is 4.53. The predicted molar refractivity (Wildman–Crippen MR) is 108 cm³/mol. The summed E-state index contributed by atoms with van der Waals surface area (Å²) in [6.45, 7) is 4.25. The Bertz CT molecular complexity index is 840. The molecule has 1 amide bonds. The van der Waals surface area contributed by atoms with Gasteiger partial charge in [0, 0.05) is 18.2 Å². The largest absolute Gasteiger partial charge is 0.352 e. The first kappa shape index (κ1) is 20.0. The minimum Gasteiger partial charge on any atom is -0.352 e. The van der Waals surface area contributed by atoms with Crippen molar-refractivity contribution in [3.05, 3.63) is 36.0 Å². The third kappa shape index (κ3) is 5.01. The quantitative estimate of drug-likeness (QED) is 0.828. The Hall–Kier alpha value is -2.28. The van der Waals surface area contributed by atoms with Gasteiger partial charge in [-0.3, -0.25) is 9.69 Å². The number of carbonyl (C=O) groups is 1. The minimum atomic E-state index is -0.323. The molecule has 2 aromatic rings. The average Bonchev–Trinajstić information content (AvgIpc) is 3.20. The number of hydrogen-bond donors (Lipinski definition) is 1. The number of halogens is 1. The van der Waals surface area contributed by atoms with E-state index >= 15 is 0 Å². The SMILES string of the molecule is CC1CCCCC1NC(=O)CN1CCCC(c2nc(-c3cccc(F)c3)no2)C1. The molecule has 1 aliphatic carbocycles. The van der Waals surface area contributed by atoms with Crippen LogP contribution in [0.15, 0.2) is 28.8 Å². The van der Waals surface area contributed by atoms with Gasteiger partial charge in [-0.25, -0.2) is 4.39 Å². The lowest BCUT2D eigenvalue weighted by atomic mass is 9.86. The number of hydrogen-bond acceptors (Lipinski definition) is 5. The Kier molecular flexibility index (Phi) is 6.23. The summed E-state index contributed by atoms with van der Waals surface area (Å²) in [7, 11) is 0. The first-order chi connectivity index (χ1) is 14.1. The number of likely N-dealkylation sites (tertiary alicyclic amines) is 1. The number of aromatic nitrogens is 2. The van der Waals surface area contributed by atoms with Crippen LogP contribution in [0, 0.1) is 11.7 Å². The van der Waals surface area contributed by atoms with Crippen molar-refractivity contribution in [2.75, 3.05) is 19.6 Å². The van der Waals surface area contributed by atoms with Gasteiger partial charge in [0.05, 0.1) is 12.5 Å². The van der Waals surface area contributed by atoms with Crippen molar-refractivity contribution in [2.24, 2.45) is 5.92 Å². The number of nitrogens with zero attached hydrogens (tertiary/aromatic N) is 3. The number of carbonyl (C=O) groups excluding carboxylic acids is 1. The van der Waals surface area contributed by atoms with Crippen LogP contribution in [0.3, 0.4) is 0 Å². The Morgan fingerprint density at radius 1 is 1.28 bits per heavy atom. The van der Waals surface area contributed by atoms with Crippen molar-refractivity contribution in [3.8, 4) is 11.4 Å². The molecule has 7 heteroatoms. The van der Waals surface area contributed by atoms with Gasteiger partial charge in [-0.1, -0.05) is 37.1 Å². The second kappa shape index (κ2) is 9.03. The van der Waals surface area contributed by atoms with Gasteiger partial charge in [0.1, 0.15) is 5.82 Å². The van der Waals surface area contributed by atoms with Crippen LogP contribution in [0.4, 0.5) is 4.39 Å². The molecule has 156 valence electrons. The molecule has 2 fully saturated rings. The normalized spacial score (nSPS) is 25.7. The zero-order valence-electron chi connectivity index (χ0n) is 16.9. The molecule has 1 aliphatic heterocycles. The van der Waals surface area contributed by atoms with E-state index in [2.05, 4.69) is 27.3 Å². The van der Waals surface area contributed by atoms with E-state index < -0.39 is 0 Å². The molecule has 1 aromatic carbocycles. The Labute approximate surface area is 170 Å². The Morgan fingerprint density at radius 3 is 2.97 bits per heavy atom. The monoisotopic (exact) mass is 400 g/mol. The maximum Gasteiger partial charge on any atom is 0.234 e. The van der Waals surface area contributed by atoms with Gasteiger partial charge >= 0.3 is 0 Å². The van der Waals surface area contributed by atoms with E-state index in [0.717, 1.165) is 32.4 Å². The summed E-state index contributed by atoms with van der Waals surface area (Å²) < 4.78 is 18.9. The smallest absolute Gasteiger partial charge is 0.234 e. The van der Waals surface area contributed by atoms with Crippen LogP contribution in [0.5, 0.6) is 0 Å². The zero-order chi connectivity index (χ0) is 20.2. The standard InChI is InChI=1S/C22H29FN4O2/c1-15-6-2-3-10-19(15)24-20(28)14-27-11-5-8-17(13-27)22-25-21(26-29-22)16-7-4-9-18(23)12-16/h4,7,9,12,15,17,19H,2-3,5-6,8,10-11,13-14H2,1H3,(H,24,28). The highest BCUT2D eigenvalue weighted by Crippen LogP contribution is 2.28. The fourth-order valence-corrected chi connectivity index (χ4v) is 4.53. The fraction of sp³-hybridized carbons (Fsp3) is 0.591. The van der Waals surface area contributed by atoms with Crippen LogP contribution in [0.2, 0.25) is 0 Å². The van der Waals surface area contributed by atoms with Gasteiger partial charge in [-0.2, -0.15) is 4.98 Å².